The van der Waals surface area contributed by atoms with Crippen molar-refractivity contribution >= 4 is 27.4 Å². The van der Waals surface area contributed by atoms with E-state index in [1.165, 1.54) is 0 Å². The van der Waals surface area contributed by atoms with Gasteiger partial charge in [-0.2, -0.15) is 0 Å². The van der Waals surface area contributed by atoms with Crippen molar-refractivity contribution in [2.24, 2.45) is 0 Å². The fraction of sp³-hybridized carbons (Fsp3) is 0.200. The lowest BCUT2D eigenvalue weighted by Gasteiger charge is -2.04. The Labute approximate surface area is 95.9 Å². The number of aromatic nitrogens is 3. The molecule has 15 heavy (non-hydrogen) atoms. The first kappa shape index (κ1) is 9.99. The maximum absolute atomic E-state index is 4.30. The Morgan fingerprint density at radius 1 is 1.60 bits per heavy atom. The largest absolute Gasteiger partial charge is 0.356 e. The van der Waals surface area contributed by atoms with E-state index in [9.17, 15) is 0 Å². The van der Waals surface area contributed by atoms with Crippen molar-refractivity contribution in [2.75, 3.05) is 11.9 Å². The molecule has 0 saturated carbocycles. The number of rotatable bonds is 2. The molecule has 0 aliphatic carbocycles. The van der Waals surface area contributed by atoms with E-state index >= 15 is 0 Å². The number of nitrogens with one attached hydrogen (secondary N) is 1. The van der Waals surface area contributed by atoms with Crippen molar-refractivity contribution in [1.82, 2.24) is 14.4 Å². The molecular weight excluding hydrogens is 256 g/mol. The predicted octanol–water partition coefficient (Wildman–Crippen LogP) is 1.93. The van der Waals surface area contributed by atoms with Crippen LogP contribution in [0.3, 0.4) is 0 Å². The first-order chi connectivity index (χ1) is 7.31. The van der Waals surface area contributed by atoms with E-state index < -0.39 is 0 Å². The van der Waals surface area contributed by atoms with Crippen LogP contribution in [0.15, 0.2) is 23.2 Å². The van der Waals surface area contributed by atoms with Gasteiger partial charge in [0.1, 0.15) is 4.60 Å². The minimum absolute atomic E-state index is 0.572. The lowest BCUT2D eigenvalue weighted by molar-refractivity contribution is 1.09. The van der Waals surface area contributed by atoms with Gasteiger partial charge in [0.2, 0.25) is 0 Å². The Hall–Kier alpha value is -1.54. The summed E-state index contributed by atoms with van der Waals surface area (Å²) in [6.07, 6.45) is 5.47. The molecule has 2 heterocycles. The first-order valence-electron chi connectivity index (χ1n) is 4.44. The number of anilines is 1. The van der Waals surface area contributed by atoms with Crippen LogP contribution in [0.5, 0.6) is 0 Å². The molecule has 2 aromatic heterocycles. The van der Waals surface area contributed by atoms with Gasteiger partial charge >= 0.3 is 0 Å². The molecule has 0 unspecified atom stereocenters. The second-order valence-electron chi connectivity index (χ2n) is 2.85. The highest BCUT2D eigenvalue weighted by Crippen LogP contribution is 2.16. The van der Waals surface area contributed by atoms with Gasteiger partial charge in [-0.05, 0) is 22.9 Å². The number of hydrogen-bond donors (Lipinski definition) is 1. The van der Waals surface area contributed by atoms with Gasteiger partial charge in [-0.3, -0.25) is 0 Å². The Morgan fingerprint density at radius 3 is 3.27 bits per heavy atom. The third kappa shape index (κ3) is 2.10. The molecule has 76 valence electrons. The van der Waals surface area contributed by atoms with Gasteiger partial charge in [-0.25, -0.2) is 9.97 Å². The van der Waals surface area contributed by atoms with Crippen LogP contribution in [0.25, 0.3) is 5.65 Å². The molecule has 1 N–H and O–H groups in total. The topological polar surface area (TPSA) is 42.2 Å². The van der Waals surface area contributed by atoms with Gasteiger partial charge in [0.25, 0.3) is 0 Å². The maximum Gasteiger partial charge on any atom is 0.180 e. The SMILES string of the molecule is CC#CCNc1nc(Br)cn2ccnc12. The Bertz CT molecular complexity index is 535. The van der Waals surface area contributed by atoms with E-state index in [1.54, 1.807) is 13.1 Å². The highest BCUT2D eigenvalue weighted by Gasteiger charge is 2.04. The fourth-order valence-corrected chi connectivity index (χ4v) is 1.63. The highest BCUT2D eigenvalue weighted by molar-refractivity contribution is 9.10. The Kier molecular flexibility index (Phi) is 2.88. The van der Waals surface area contributed by atoms with Crippen LogP contribution in [-0.4, -0.2) is 20.9 Å². The minimum Gasteiger partial charge on any atom is -0.356 e. The molecule has 4 nitrogen and oxygen atoms in total. The molecule has 0 amide bonds. The lowest BCUT2D eigenvalue weighted by atomic mass is 10.5. The summed E-state index contributed by atoms with van der Waals surface area (Å²) in [7, 11) is 0. The third-order valence-corrected chi connectivity index (χ3v) is 2.25. The molecule has 0 aliphatic rings. The summed E-state index contributed by atoms with van der Waals surface area (Å²) >= 11 is 3.34. The van der Waals surface area contributed by atoms with E-state index in [4.69, 9.17) is 0 Å². The maximum atomic E-state index is 4.30. The van der Waals surface area contributed by atoms with Gasteiger partial charge < -0.3 is 9.72 Å². The van der Waals surface area contributed by atoms with Crippen LogP contribution in [0.1, 0.15) is 6.92 Å². The molecule has 2 aromatic rings. The molecule has 0 atom stereocenters. The summed E-state index contributed by atoms with van der Waals surface area (Å²) in [5, 5.41) is 3.12. The summed E-state index contributed by atoms with van der Waals surface area (Å²) in [5.74, 6) is 6.47. The average Bonchev–Trinajstić information content (AvgIpc) is 2.65. The summed E-state index contributed by atoms with van der Waals surface area (Å²) in [4.78, 5) is 8.51. The Morgan fingerprint density at radius 2 is 2.47 bits per heavy atom. The zero-order valence-electron chi connectivity index (χ0n) is 8.16. The van der Waals surface area contributed by atoms with Gasteiger partial charge in [0.15, 0.2) is 11.5 Å². The number of halogens is 1. The van der Waals surface area contributed by atoms with Gasteiger partial charge in [-0.1, -0.05) is 5.92 Å². The molecule has 0 spiro atoms. The normalized spacial score (nSPS) is 9.73. The van der Waals surface area contributed by atoms with Crippen molar-refractivity contribution in [3.8, 4) is 11.8 Å². The van der Waals surface area contributed by atoms with Gasteiger partial charge in [0, 0.05) is 18.6 Å². The van der Waals surface area contributed by atoms with E-state index in [1.807, 2.05) is 16.8 Å². The molecule has 0 saturated heterocycles. The zero-order valence-corrected chi connectivity index (χ0v) is 9.74. The molecule has 0 aliphatic heterocycles. The second-order valence-corrected chi connectivity index (χ2v) is 3.66. The average molecular weight is 265 g/mol. The molecule has 0 aromatic carbocycles. The smallest absolute Gasteiger partial charge is 0.180 e. The third-order valence-electron chi connectivity index (χ3n) is 1.87. The standard InChI is InChI=1S/C10H9BrN4/c1-2-3-4-12-9-10-13-5-6-15(10)7-8(11)14-9/h5-7H,4H2,1H3,(H,12,14). The van der Waals surface area contributed by atoms with E-state index in [0.29, 0.717) is 6.54 Å². The molecule has 2 rings (SSSR count). The summed E-state index contributed by atoms with van der Waals surface area (Å²) in [6.45, 7) is 2.38. The Balaban J connectivity index is 2.38. The van der Waals surface area contributed by atoms with Crippen LogP contribution in [0.4, 0.5) is 5.82 Å². The fourth-order valence-electron chi connectivity index (χ4n) is 1.24. The lowest BCUT2D eigenvalue weighted by Crippen LogP contribution is -2.04. The van der Waals surface area contributed by atoms with E-state index in [2.05, 4.69) is 43.1 Å². The van der Waals surface area contributed by atoms with Crippen molar-refractivity contribution in [2.45, 2.75) is 6.92 Å². The minimum atomic E-state index is 0.572. The molecule has 5 heteroatoms. The molecule has 0 fully saturated rings. The molecule has 0 radical (unpaired) electrons. The van der Waals surface area contributed by atoms with Crippen molar-refractivity contribution < 1.29 is 0 Å². The zero-order chi connectivity index (χ0) is 10.7. The number of hydrogen-bond acceptors (Lipinski definition) is 3. The number of fused-ring (bicyclic) bond motifs is 1. The van der Waals surface area contributed by atoms with Gasteiger partial charge in [0.05, 0.1) is 6.54 Å². The highest BCUT2D eigenvalue weighted by atomic mass is 79.9. The van der Waals surface area contributed by atoms with Crippen LogP contribution < -0.4 is 5.32 Å². The first-order valence-corrected chi connectivity index (χ1v) is 5.23. The summed E-state index contributed by atoms with van der Waals surface area (Å²) in [5.41, 5.74) is 0.802. The second kappa shape index (κ2) is 4.32. The monoisotopic (exact) mass is 264 g/mol. The van der Waals surface area contributed by atoms with Crippen molar-refractivity contribution in [1.29, 1.82) is 0 Å². The predicted molar refractivity (Wildman–Crippen MR) is 62.6 cm³/mol. The molecular formula is C10H9BrN4. The summed E-state index contributed by atoms with van der Waals surface area (Å²) in [6, 6.07) is 0. The molecule has 0 bridgehead atoms. The van der Waals surface area contributed by atoms with Gasteiger partial charge in [-0.15, -0.1) is 5.92 Å². The quantitative estimate of drug-likeness (QED) is 0.843. The van der Waals surface area contributed by atoms with E-state index in [0.717, 1.165) is 16.1 Å². The van der Waals surface area contributed by atoms with Crippen molar-refractivity contribution in [3.05, 3.63) is 23.2 Å². The van der Waals surface area contributed by atoms with Crippen LogP contribution in [0, 0.1) is 11.8 Å². The van der Waals surface area contributed by atoms with Crippen molar-refractivity contribution in [3.63, 3.8) is 0 Å². The number of nitrogens with zero attached hydrogens (tertiary/aromatic N) is 3. The number of imidazole rings is 1. The van der Waals surface area contributed by atoms with Crippen LogP contribution in [-0.2, 0) is 0 Å². The van der Waals surface area contributed by atoms with Crippen LogP contribution >= 0.6 is 15.9 Å². The van der Waals surface area contributed by atoms with E-state index in [-0.39, 0.29) is 0 Å². The summed E-state index contributed by atoms with van der Waals surface area (Å²) < 4.78 is 2.67. The van der Waals surface area contributed by atoms with Crippen LogP contribution in [0.2, 0.25) is 0 Å².